The zero-order valence-electron chi connectivity index (χ0n) is 14.5. The summed E-state index contributed by atoms with van der Waals surface area (Å²) in [5, 5.41) is 6.57. The molecule has 0 atom stereocenters. The molecule has 132 valence electrons. The average Bonchev–Trinajstić information content (AvgIpc) is 2.63. The third-order valence-electron chi connectivity index (χ3n) is 3.70. The van der Waals surface area contributed by atoms with Gasteiger partial charge in [0, 0.05) is 23.0 Å². The van der Waals surface area contributed by atoms with Gasteiger partial charge in [0.2, 0.25) is 0 Å². The van der Waals surface area contributed by atoms with Gasteiger partial charge < -0.3 is 10.6 Å². The van der Waals surface area contributed by atoms with E-state index in [4.69, 9.17) is 11.6 Å². The zero-order valence-corrected chi connectivity index (χ0v) is 15.2. The Morgan fingerprint density at radius 2 is 1.96 bits per heavy atom. The van der Waals surface area contributed by atoms with Crippen LogP contribution in [0.25, 0.3) is 0 Å². The van der Waals surface area contributed by atoms with Crippen LogP contribution in [0.5, 0.6) is 0 Å². The summed E-state index contributed by atoms with van der Waals surface area (Å²) in [6.07, 6.45) is 1.73. The second-order valence-corrected chi connectivity index (χ2v) is 6.21. The number of amides is 1. The van der Waals surface area contributed by atoms with Crippen LogP contribution in [0.15, 0.2) is 48.7 Å². The van der Waals surface area contributed by atoms with Gasteiger partial charge in [0.15, 0.2) is 0 Å². The summed E-state index contributed by atoms with van der Waals surface area (Å²) in [6.45, 7) is 4.15. The molecule has 0 spiro atoms. The molecule has 1 aromatic carbocycles. The van der Waals surface area contributed by atoms with Crippen LogP contribution in [-0.2, 0) is 6.54 Å². The van der Waals surface area contributed by atoms with E-state index in [2.05, 4.69) is 25.6 Å². The Kier molecular flexibility index (Phi) is 5.43. The van der Waals surface area contributed by atoms with Crippen molar-refractivity contribution < 1.29 is 4.79 Å². The van der Waals surface area contributed by atoms with E-state index in [1.165, 1.54) is 0 Å². The van der Waals surface area contributed by atoms with Crippen LogP contribution in [0.1, 0.15) is 27.6 Å². The van der Waals surface area contributed by atoms with Gasteiger partial charge in [-0.05, 0) is 43.7 Å². The van der Waals surface area contributed by atoms with Crippen molar-refractivity contribution in [2.24, 2.45) is 0 Å². The van der Waals surface area contributed by atoms with E-state index in [1.807, 2.05) is 31.2 Å². The number of aryl methyl sites for hydroxylation is 2. The molecular formula is C19H18ClN5O. The van der Waals surface area contributed by atoms with Crippen molar-refractivity contribution >= 4 is 29.0 Å². The molecule has 0 aliphatic carbocycles. The Bertz CT molecular complexity index is 930. The van der Waals surface area contributed by atoms with Crippen molar-refractivity contribution in [2.75, 3.05) is 10.6 Å². The van der Waals surface area contributed by atoms with Crippen LogP contribution in [0.4, 0.5) is 11.5 Å². The van der Waals surface area contributed by atoms with Gasteiger partial charge in [-0.2, -0.15) is 0 Å². The van der Waals surface area contributed by atoms with Crippen LogP contribution >= 0.6 is 11.6 Å². The number of hydrogen-bond donors (Lipinski definition) is 2. The molecule has 0 unspecified atom stereocenters. The van der Waals surface area contributed by atoms with Crippen molar-refractivity contribution in [3.63, 3.8) is 0 Å². The number of halogens is 1. The fourth-order valence-corrected chi connectivity index (χ4v) is 2.55. The highest BCUT2D eigenvalue weighted by molar-refractivity contribution is 6.31. The number of nitrogens with zero attached hydrogens (tertiary/aromatic N) is 3. The number of hydrogen-bond acceptors (Lipinski definition) is 5. The highest BCUT2D eigenvalue weighted by Crippen LogP contribution is 2.21. The molecule has 0 aliphatic rings. The minimum Gasteiger partial charge on any atom is -0.364 e. The molecule has 0 fully saturated rings. The molecule has 6 nitrogen and oxygen atoms in total. The number of benzene rings is 1. The first-order chi connectivity index (χ1) is 12.5. The molecule has 1 amide bonds. The largest absolute Gasteiger partial charge is 0.364 e. The van der Waals surface area contributed by atoms with Gasteiger partial charge in [-0.1, -0.05) is 23.7 Å². The maximum atomic E-state index is 12.6. The van der Waals surface area contributed by atoms with Crippen LogP contribution in [0.3, 0.4) is 0 Å². The number of carbonyl (C=O) groups excluding carboxylic acids is 1. The molecule has 0 bridgehead atoms. The number of pyridine rings is 1. The van der Waals surface area contributed by atoms with Crippen LogP contribution in [0, 0.1) is 13.8 Å². The number of aromatic nitrogens is 3. The van der Waals surface area contributed by atoms with Crippen LogP contribution < -0.4 is 10.6 Å². The monoisotopic (exact) mass is 367 g/mol. The normalized spacial score (nSPS) is 10.4. The lowest BCUT2D eigenvalue weighted by Gasteiger charge is -2.10. The lowest BCUT2D eigenvalue weighted by molar-refractivity contribution is 0.102. The maximum absolute atomic E-state index is 12.6. The summed E-state index contributed by atoms with van der Waals surface area (Å²) < 4.78 is 0. The van der Waals surface area contributed by atoms with Gasteiger partial charge >= 0.3 is 0 Å². The number of nitrogens with one attached hydrogen (secondary N) is 2. The Hall–Kier alpha value is -2.99. The van der Waals surface area contributed by atoms with Gasteiger partial charge in [-0.25, -0.2) is 9.97 Å². The molecule has 0 saturated carbocycles. The fourth-order valence-electron chi connectivity index (χ4n) is 2.37. The first kappa shape index (κ1) is 17.8. The van der Waals surface area contributed by atoms with E-state index >= 15 is 0 Å². The first-order valence-corrected chi connectivity index (χ1v) is 8.46. The average molecular weight is 368 g/mol. The second kappa shape index (κ2) is 7.93. The highest BCUT2D eigenvalue weighted by atomic mass is 35.5. The van der Waals surface area contributed by atoms with E-state index in [1.54, 1.807) is 31.3 Å². The first-order valence-electron chi connectivity index (χ1n) is 8.08. The summed E-state index contributed by atoms with van der Waals surface area (Å²) in [7, 11) is 0. The number of carbonyl (C=O) groups is 1. The minimum atomic E-state index is -0.318. The van der Waals surface area contributed by atoms with Crippen molar-refractivity contribution in [1.29, 1.82) is 0 Å². The van der Waals surface area contributed by atoms with Gasteiger partial charge in [-0.3, -0.25) is 9.78 Å². The zero-order chi connectivity index (χ0) is 18.5. The quantitative estimate of drug-likeness (QED) is 0.712. The summed E-state index contributed by atoms with van der Waals surface area (Å²) in [6, 6.07) is 12.6. The summed E-state index contributed by atoms with van der Waals surface area (Å²) in [5.41, 5.74) is 2.73. The molecule has 2 aromatic heterocycles. The van der Waals surface area contributed by atoms with Crippen molar-refractivity contribution in [1.82, 2.24) is 15.0 Å². The SMILES string of the molecule is Cc1nc(NCc2ccccn2)cc(C(=O)Nc2cc(Cl)ccc2C)n1. The molecule has 3 rings (SSSR count). The number of anilines is 2. The van der Waals surface area contributed by atoms with Gasteiger partial charge in [0.1, 0.15) is 17.3 Å². The van der Waals surface area contributed by atoms with Gasteiger partial charge in [-0.15, -0.1) is 0 Å². The van der Waals surface area contributed by atoms with Crippen molar-refractivity contribution in [3.05, 3.63) is 76.5 Å². The maximum Gasteiger partial charge on any atom is 0.274 e. The predicted molar refractivity (Wildman–Crippen MR) is 102 cm³/mol. The lowest BCUT2D eigenvalue weighted by Crippen LogP contribution is -2.16. The molecule has 7 heteroatoms. The Morgan fingerprint density at radius 1 is 1.12 bits per heavy atom. The van der Waals surface area contributed by atoms with E-state index in [9.17, 15) is 4.79 Å². The van der Waals surface area contributed by atoms with Crippen molar-refractivity contribution in [2.45, 2.75) is 20.4 Å². The van der Waals surface area contributed by atoms with Crippen LogP contribution in [0.2, 0.25) is 5.02 Å². The minimum absolute atomic E-state index is 0.278. The Balaban J connectivity index is 1.76. The van der Waals surface area contributed by atoms with Gasteiger partial charge in [0.25, 0.3) is 5.91 Å². The molecule has 26 heavy (non-hydrogen) atoms. The van der Waals surface area contributed by atoms with E-state index in [-0.39, 0.29) is 11.6 Å². The molecule has 3 aromatic rings. The number of rotatable bonds is 5. The molecule has 0 saturated heterocycles. The van der Waals surface area contributed by atoms with Gasteiger partial charge in [0.05, 0.1) is 12.2 Å². The topological polar surface area (TPSA) is 79.8 Å². The Morgan fingerprint density at radius 3 is 2.73 bits per heavy atom. The van der Waals surface area contributed by atoms with E-state index in [0.717, 1.165) is 11.3 Å². The molecule has 0 radical (unpaired) electrons. The molecule has 0 aliphatic heterocycles. The molecule has 2 heterocycles. The molecule has 2 N–H and O–H groups in total. The second-order valence-electron chi connectivity index (χ2n) is 5.77. The highest BCUT2D eigenvalue weighted by Gasteiger charge is 2.12. The standard InChI is InChI=1S/C19H18ClN5O/c1-12-6-7-14(20)9-16(12)25-19(26)17-10-18(24-13(2)23-17)22-11-15-5-3-4-8-21-15/h3-10H,11H2,1-2H3,(H,25,26)(H,22,23,24). The van der Waals surface area contributed by atoms with Crippen molar-refractivity contribution in [3.8, 4) is 0 Å². The third-order valence-corrected chi connectivity index (χ3v) is 3.93. The lowest BCUT2D eigenvalue weighted by atomic mass is 10.2. The summed E-state index contributed by atoms with van der Waals surface area (Å²) >= 11 is 6.00. The van der Waals surface area contributed by atoms with E-state index < -0.39 is 0 Å². The molecular weight excluding hydrogens is 350 g/mol. The summed E-state index contributed by atoms with van der Waals surface area (Å²) in [5.74, 6) is 0.752. The summed E-state index contributed by atoms with van der Waals surface area (Å²) in [4.78, 5) is 25.4. The smallest absolute Gasteiger partial charge is 0.274 e. The fraction of sp³-hybridized carbons (Fsp3) is 0.158. The predicted octanol–water partition coefficient (Wildman–Crippen LogP) is 4.01. The van der Waals surface area contributed by atoms with Crippen LogP contribution in [-0.4, -0.2) is 20.9 Å². The third kappa shape index (κ3) is 4.55. The van der Waals surface area contributed by atoms with E-state index in [0.29, 0.717) is 28.9 Å². The Labute approximate surface area is 156 Å².